The Hall–Kier alpha value is -1.01. The molecule has 70 valence electrons. The molecule has 2 heterocycles. The summed E-state index contributed by atoms with van der Waals surface area (Å²) < 4.78 is 5.69. The molecule has 0 radical (unpaired) electrons. The molecule has 0 aromatic carbocycles. The van der Waals surface area contributed by atoms with E-state index in [2.05, 4.69) is 15.0 Å². The molecule has 5 nitrogen and oxygen atoms in total. The smallest absolute Gasteiger partial charge is 0.224 e. The van der Waals surface area contributed by atoms with Crippen molar-refractivity contribution in [3.8, 4) is 0 Å². The maximum atomic E-state index is 5.50. The number of nitrogens with two attached hydrogens (primary N) is 1. The maximum Gasteiger partial charge on any atom is 0.224 e. The van der Waals surface area contributed by atoms with E-state index in [0.29, 0.717) is 11.8 Å². The van der Waals surface area contributed by atoms with Crippen molar-refractivity contribution >= 4 is 18.2 Å². The summed E-state index contributed by atoms with van der Waals surface area (Å²) in [7, 11) is 0. The lowest BCUT2D eigenvalue weighted by molar-refractivity contribution is 0.105. The van der Waals surface area contributed by atoms with E-state index >= 15 is 0 Å². The van der Waals surface area contributed by atoms with Gasteiger partial charge >= 0.3 is 0 Å². The van der Waals surface area contributed by atoms with Gasteiger partial charge in [-0.25, -0.2) is 4.98 Å². The number of anilines is 1. The van der Waals surface area contributed by atoms with Crippen LogP contribution in [0.1, 0.15) is 24.8 Å². The van der Waals surface area contributed by atoms with E-state index in [-0.39, 0.29) is 10.9 Å². The number of nitrogen functional groups attached to an aromatic ring is 1. The second-order valence-electron chi connectivity index (χ2n) is 2.90. The van der Waals surface area contributed by atoms with Crippen LogP contribution in [-0.4, -0.2) is 21.6 Å². The van der Waals surface area contributed by atoms with Gasteiger partial charge in [0.05, 0.1) is 0 Å². The van der Waals surface area contributed by atoms with Crippen LogP contribution in [0.4, 0.5) is 5.95 Å². The molecule has 1 aromatic heterocycles. The lowest BCUT2D eigenvalue weighted by atomic mass is 10.2. The van der Waals surface area contributed by atoms with E-state index in [1.807, 2.05) is 0 Å². The van der Waals surface area contributed by atoms with Crippen LogP contribution in [0.2, 0.25) is 0 Å². The molecule has 1 atom stereocenters. The minimum atomic E-state index is 0.00648. The van der Waals surface area contributed by atoms with Crippen molar-refractivity contribution in [1.29, 1.82) is 0 Å². The standard InChI is InChI=1S/C7H10N4OS/c8-6-9-5(10-7(13)11-6)4-2-1-3-12-4/h4H,1-3H2,(H3,8,9,10,11,13). The third-order valence-electron chi connectivity index (χ3n) is 1.92. The van der Waals surface area contributed by atoms with Gasteiger partial charge in [-0.3, -0.25) is 0 Å². The summed E-state index contributed by atoms with van der Waals surface area (Å²) >= 11 is 4.84. The number of aromatic amines is 1. The number of nitrogens with zero attached hydrogens (tertiary/aromatic N) is 2. The van der Waals surface area contributed by atoms with Crippen LogP contribution >= 0.6 is 12.2 Å². The van der Waals surface area contributed by atoms with Crippen molar-refractivity contribution in [3.63, 3.8) is 0 Å². The summed E-state index contributed by atoms with van der Waals surface area (Å²) in [6.07, 6.45) is 2.02. The van der Waals surface area contributed by atoms with Gasteiger partial charge < -0.3 is 15.5 Å². The fourth-order valence-electron chi connectivity index (χ4n) is 1.36. The summed E-state index contributed by atoms with van der Waals surface area (Å²) in [4.78, 5) is 10.7. The first-order valence-electron chi connectivity index (χ1n) is 4.11. The zero-order valence-electron chi connectivity index (χ0n) is 6.99. The monoisotopic (exact) mass is 198 g/mol. The minimum absolute atomic E-state index is 0.00648. The first-order chi connectivity index (χ1) is 6.25. The first kappa shape index (κ1) is 8.58. The number of H-pyrrole nitrogens is 1. The van der Waals surface area contributed by atoms with Gasteiger partial charge in [0.2, 0.25) is 10.7 Å². The Morgan fingerprint density at radius 1 is 1.54 bits per heavy atom. The number of hydrogen-bond donors (Lipinski definition) is 2. The van der Waals surface area contributed by atoms with Gasteiger partial charge in [-0.15, -0.1) is 0 Å². The van der Waals surface area contributed by atoms with Crippen LogP contribution < -0.4 is 5.73 Å². The van der Waals surface area contributed by atoms with Gasteiger partial charge in [-0.05, 0) is 25.1 Å². The number of aromatic nitrogens is 3. The molecular weight excluding hydrogens is 188 g/mol. The topological polar surface area (TPSA) is 76.8 Å². The van der Waals surface area contributed by atoms with Crippen molar-refractivity contribution in [1.82, 2.24) is 15.0 Å². The predicted octanol–water partition coefficient (Wildman–Crippen LogP) is 0.968. The van der Waals surface area contributed by atoms with E-state index in [1.165, 1.54) is 0 Å². The SMILES string of the molecule is Nc1nc(=S)nc(C2CCCO2)[nH]1. The van der Waals surface area contributed by atoms with Crippen LogP contribution in [0, 0.1) is 4.77 Å². The molecule has 0 aliphatic carbocycles. The van der Waals surface area contributed by atoms with Gasteiger partial charge in [0.1, 0.15) is 11.9 Å². The zero-order chi connectivity index (χ0) is 9.26. The molecule has 0 spiro atoms. The quantitative estimate of drug-likeness (QED) is 0.657. The van der Waals surface area contributed by atoms with Crippen LogP contribution in [0.15, 0.2) is 0 Å². The number of rotatable bonds is 1. The van der Waals surface area contributed by atoms with Crippen molar-refractivity contribution in [2.75, 3.05) is 12.3 Å². The Labute approximate surface area is 80.4 Å². The Morgan fingerprint density at radius 3 is 3.00 bits per heavy atom. The molecule has 0 amide bonds. The zero-order valence-corrected chi connectivity index (χ0v) is 7.80. The third-order valence-corrected chi connectivity index (χ3v) is 2.11. The lowest BCUT2D eigenvalue weighted by Gasteiger charge is -2.07. The van der Waals surface area contributed by atoms with Crippen molar-refractivity contribution in [3.05, 3.63) is 10.6 Å². The van der Waals surface area contributed by atoms with Gasteiger partial charge in [-0.1, -0.05) is 0 Å². The van der Waals surface area contributed by atoms with Crippen LogP contribution in [0.25, 0.3) is 0 Å². The molecule has 2 rings (SSSR count). The summed E-state index contributed by atoms with van der Waals surface area (Å²) in [5, 5.41) is 0. The van der Waals surface area contributed by atoms with Crippen LogP contribution in [0.5, 0.6) is 0 Å². The van der Waals surface area contributed by atoms with E-state index in [9.17, 15) is 0 Å². The minimum Gasteiger partial charge on any atom is -0.370 e. The molecule has 13 heavy (non-hydrogen) atoms. The molecule has 1 aliphatic heterocycles. The fourth-order valence-corrected chi connectivity index (χ4v) is 1.56. The third kappa shape index (κ3) is 1.84. The highest BCUT2D eigenvalue weighted by atomic mass is 32.1. The average Bonchev–Trinajstić information content (AvgIpc) is 2.53. The van der Waals surface area contributed by atoms with E-state index < -0.39 is 0 Å². The Bertz CT molecular complexity index is 358. The highest BCUT2D eigenvalue weighted by Crippen LogP contribution is 2.25. The van der Waals surface area contributed by atoms with Crippen molar-refractivity contribution in [2.45, 2.75) is 18.9 Å². The number of nitrogens with one attached hydrogen (secondary N) is 1. The second-order valence-corrected chi connectivity index (χ2v) is 3.27. The molecule has 1 fully saturated rings. The normalized spacial score (nSPS) is 22.0. The average molecular weight is 198 g/mol. The molecular formula is C7H10N4OS. The maximum absolute atomic E-state index is 5.50. The Morgan fingerprint density at radius 2 is 2.38 bits per heavy atom. The lowest BCUT2D eigenvalue weighted by Crippen LogP contribution is -2.07. The second kappa shape index (κ2) is 3.39. The van der Waals surface area contributed by atoms with E-state index in [0.717, 1.165) is 19.4 Å². The molecule has 3 N–H and O–H groups in total. The van der Waals surface area contributed by atoms with Gasteiger partial charge in [0.15, 0.2) is 0 Å². The van der Waals surface area contributed by atoms with Gasteiger partial charge in [-0.2, -0.15) is 4.98 Å². The Balaban J connectivity index is 2.33. The Kier molecular flexibility index (Phi) is 2.24. The number of hydrogen-bond acceptors (Lipinski definition) is 5. The van der Waals surface area contributed by atoms with Crippen LogP contribution in [-0.2, 0) is 4.74 Å². The molecule has 6 heteroatoms. The molecule has 0 bridgehead atoms. The largest absolute Gasteiger partial charge is 0.370 e. The predicted molar refractivity (Wildman–Crippen MR) is 49.6 cm³/mol. The van der Waals surface area contributed by atoms with Crippen molar-refractivity contribution in [2.24, 2.45) is 0 Å². The summed E-state index contributed by atoms with van der Waals surface area (Å²) in [6, 6.07) is 0. The highest BCUT2D eigenvalue weighted by molar-refractivity contribution is 7.71. The van der Waals surface area contributed by atoms with Gasteiger partial charge in [0.25, 0.3) is 0 Å². The summed E-state index contributed by atoms with van der Waals surface area (Å²) in [5.41, 5.74) is 5.50. The highest BCUT2D eigenvalue weighted by Gasteiger charge is 2.19. The molecule has 1 aromatic rings. The molecule has 1 aliphatic rings. The van der Waals surface area contributed by atoms with Crippen LogP contribution in [0.3, 0.4) is 0 Å². The molecule has 1 saturated heterocycles. The number of ether oxygens (including phenoxy) is 1. The summed E-state index contributed by atoms with van der Waals surface area (Å²) in [6.45, 7) is 0.773. The molecule has 1 unspecified atom stereocenters. The fraction of sp³-hybridized carbons (Fsp3) is 0.571. The first-order valence-corrected chi connectivity index (χ1v) is 4.52. The van der Waals surface area contributed by atoms with Crippen molar-refractivity contribution < 1.29 is 4.74 Å². The van der Waals surface area contributed by atoms with Gasteiger partial charge in [0, 0.05) is 6.61 Å². The molecule has 0 saturated carbocycles. The van der Waals surface area contributed by atoms with E-state index in [4.69, 9.17) is 22.7 Å². The summed E-state index contributed by atoms with van der Waals surface area (Å²) in [5.74, 6) is 0.987. The van der Waals surface area contributed by atoms with E-state index in [1.54, 1.807) is 0 Å².